The van der Waals surface area contributed by atoms with Crippen molar-refractivity contribution in [1.82, 2.24) is 9.29 Å². The zero-order valence-corrected chi connectivity index (χ0v) is 17.7. The summed E-state index contributed by atoms with van der Waals surface area (Å²) in [5.74, 6) is -0.383. The second kappa shape index (κ2) is 8.38. The van der Waals surface area contributed by atoms with Crippen LogP contribution in [0.2, 0.25) is 0 Å². The number of hydrogen-bond donors (Lipinski definition) is 1. The van der Waals surface area contributed by atoms with Crippen molar-refractivity contribution in [2.45, 2.75) is 32.1 Å². The number of aryl methyl sites for hydroxylation is 1. The number of anilines is 1. The maximum absolute atomic E-state index is 12.7. The molecule has 0 fully saturated rings. The third-order valence-corrected chi connectivity index (χ3v) is 7.50. The molecule has 1 heterocycles. The number of nitrogens with one attached hydrogen (secondary N) is 1. The monoisotopic (exact) mass is 417 g/mol. The zero-order valence-electron chi connectivity index (χ0n) is 16.1. The predicted octanol–water partition coefficient (Wildman–Crippen LogP) is 4.14. The van der Waals surface area contributed by atoms with E-state index in [0.717, 1.165) is 16.6 Å². The second-order valence-corrected chi connectivity index (χ2v) is 9.21. The van der Waals surface area contributed by atoms with Crippen molar-refractivity contribution in [3.05, 3.63) is 53.6 Å². The highest BCUT2D eigenvalue weighted by Crippen LogP contribution is 2.27. The Kier molecular flexibility index (Phi) is 6.12. The molecule has 0 saturated heterocycles. The third kappa shape index (κ3) is 4.09. The molecule has 3 rings (SSSR count). The molecule has 0 bridgehead atoms. The van der Waals surface area contributed by atoms with E-state index in [4.69, 9.17) is 0 Å². The first-order valence-electron chi connectivity index (χ1n) is 9.20. The van der Waals surface area contributed by atoms with Gasteiger partial charge >= 0.3 is 0 Å². The van der Waals surface area contributed by atoms with Crippen LogP contribution in [0.1, 0.15) is 36.7 Å². The van der Waals surface area contributed by atoms with Gasteiger partial charge in [-0.3, -0.25) is 10.1 Å². The number of thiazole rings is 1. The largest absolute Gasteiger partial charge is 0.298 e. The van der Waals surface area contributed by atoms with Crippen LogP contribution >= 0.6 is 11.3 Å². The van der Waals surface area contributed by atoms with Crippen molar-refractivity contribution in [3.8, 4) is 0 Å². The molecule has 1 N–H and O–H groups in total. The summed E-state index contributed by atoms with van der Waals surface area (Å²) < 4.78 is 27.7. The smallest absolute Gasteiger partial charge is 0.257 e. The number of rotatable bonds is 7. The van der Waals surface area contributed by atoms with Crippen LogP contribution in [0.15, 0.2) is 47.4 Å². The molecule has 0 aliphatic carbocycles. The molecule has 0 atom stereocenters. The van der Waals surface area contributed by atoms with Crippen molar-refractivity contribution in [2.75, 3.05) is 18.4 Å². The summed E-state index contributed by atoms with van der Waals surface area (Å²) in [5.41, 5.74) is 2.32. The lowest BCUT2D eigenvalue weighted by atomic mass is 10.2. The molecular formula is C20H23N3O3S2. The highest BCUT2D eigenvalue weighted by atomic mass is 32.2. The molecule has 0 saturated carbocycles. The summed E-state index contributed by atoms with van der Waals surface area (Å²) in [4.78, 5) is 17.2. The molecule has 0 unspecified atom stereocenters. The molecule has 8 heteroatoms. The first-order valence-corrected chi connectivity index (χ1v) is 11.5. The van der Waals surface area contributed by atoms with Gasteiger partial charge in [0, 0.05) is 18.7 Å². The maximum atomic E-state index is 12.7. The molecule has 1 aromatic heterocycles. The summed E-state index contributed by atoms with van der Waals surface area (Å²) >= 11 is 1.40. The summed E-state index contributed by atoms with van der Waals surface area (Å²) in [6.45, 7) is 6.41. The van der Waals surface area contributed by atoms with Crippen molar-refractivity contribution in [2.24, 2.45) is 0 Å². The van der Waals surface area contributed by atoms with E-state index in [1.165, 1.54) is 33.3 Å². The van der Waals surface area contributed by atoms with E-state index in [2.05, 4.69) is 23.3 Å². The molecule has 0 spiro atoms. The third-order valence-electron chi connectivity index (χ3n) is 4.52. The molecular weight excluding hydrogens is 394 g/mol. The number of fused-ring (bicyclic) bond motifs is 1. The SMILES string of the molecule is CCc1ccc2nc(NC(=O)c3cccc(S(=O)(=O)N(CC)CC)c3)sc2c1. The van der Waals surface area contributed by atoms with E-state index >= 15 is 0 Å². The van der Waals surface area contributed by atoms with Crippen LogP contribution < -0.4 is 5.32 Å². The van der Waals surface area contributed by atoms with Gasteiger partial charge < -0.3 is 0 Å². The van der Waals surface area contributed by atoms with E-state index in [0.29, 0.717) is 18.2 Å². The molecule has 3 aromatic rings. The predicted molar refractivity (Wildman–Crippen MR) is 114 cm³/mol. The zero-order chi connectivity index (χ0) is 20.3. The van der Waals surface area contributed by atoms with Gasteiger partial charge in [0.05, 0.1) is 15.1 Å². The second-order valence-electron chi connectivity index (χ2n) is 6.25. The van der Waals surface area contributed by atoms with Crippen LogP contribution in [-0.2, 0) is 16.4 Å². The van der Waals surface area contributed by atoms with Crippen LogP contribution in [0.5, 0.6) is 0 Å². The minimum absolute atomic E-state index is 0.112. The minimum atomic E-state index is -3.62. The summed E-state index contributed by atoms with van der Waals surface area (Å²) in [5, 5.41) is 3.27. The van der Waals surface area contributed by atoms with E-state index in [9.17, 15) is 13.2 Å². The first-order chi connectivity index (χ1) is 13.4. The Labute approximate surface area is 169 Å². The summed E-state index contributed by atoms with van der Waals surface area (Å²) in [7, 11) is -3.62. The van der Waals surface area contributed by atoms with Gasteiger partial charge in [-0.2, -0.15) is 4.31 Å². The van der Waals surface area contributed by atoms with Crippen LogP contribution in [0.3, 0.4) is 0 Å². The lowest BCUT2D eigenvalue weighted by Crippen LogP contribution is -2.30. The Bertz CT molecular complexity index is 1100. The fourth-order valence-electron chi connectivity index (χ4n) is 2.92. The van der Waals surface area contributed by atoms with Crippen molar-refractivity contribution < 1.29 is 13.2 Å². The average Bonchev–Trinajstić information content (AvgIpc) is 3.10. The molecule has 0 aliphatic heterocycles. The lowest BCUT2D eigenvalue weighted by molar-refractivity contribution is 0.102. The Hall–Kier alpha value is -2.29. The number of hydrogen-bond acceptors (Lipinski definition) is 5. The number of aromatic nitrogens is 1. The van der Waals surface area contributed by atoms with Gasteiger partial charge in [-0.15, -0.1) is 0 Å². The average molecular weight is 418 g/mol. The van der Waals surface area contributed by atoms with Gasteiger partial charge in [0.15, 0.2) is 5.13 Å². The standard InChI is InChI=1S/C20H23N3O3S2/c1-4-14-10-11-17-18(12-14)27-20(21-17)22-19(24)15-8-7-9-16(13-15)28(25,26)23(5-2)6-3/h7-13H,4-6H2,1-3H3,(H,21,22,24). The molecule has 0 aliphatic rings. The fraction of sp³-hybridized carbons (Fsp3) is 0.300. The minimum Gasteiger partial charge on any atom is -0.298 e. The van der Waals surface area contributed by atoms with Crippen LogP contribution in [-0.4, -0.2) is 36.7 Å². The number of sulfonamides is 1. The maximum Gasteiger partial charge on any atom is 0.257 e. The van der Waals surface area contributed by atoms with Crippen LogP contribution in [0.25, 0.3) is 10.2 Å². The Morgan fingerprint density at radius 1 is 1.11 bits per heavy atom. The highest BCUT2D eigenvalue weighted by Gasteiger charge is 2.22. The van der Waals surface area contributed by atoms with Gasteiger partial charge in [-0.25, -0.2) is 13.4 Å². The van der Waals surface area contributed by atoms with E-state index < -0.39 is 10.0 Å². The quantitative estimate of drug-likeness (QED) is 0.626. The van der Waals surface area contributed by atoms with E-state index in [1.54, 1.807) is 26.0 Å². The number of nitrogens with zero attached hydrogens (tertiary/aromatic N) is 2. The molecule has 0 radical (unpaired) electrons. The lowest BCUT2D eigenvalue weighted by Gasteiger charge is -2.18. The van der Waals surface area contributed by atoms with Gasteiger partial charge in [-0.05, 0) is 42.3 Å². The van der Waals surface area contributed by atoms with Crippen molar-refractivity contribution in [1.29, 1.82) is 0 Å². The number of benzene rings is 2. The number of carbonyl (C=O) groups excluding carboxylic acids is 1. The number of carbonyl (C=O) groups is 1. The van der Waals surface area contributed by atoms with Gasteiger partial charge in [0.25, 0.3) is 5.91 Å². The molecule has 28 heavy (non-hydrogen) atoms. The molecule has 6 nitrogen and oxygen atoms in total. The first kappa shape index (κ1) is 20.4. The number of amides is 1. The van der Waals surface area contributed by atoms with E-state index in [1.807, 2.05) is 12.1 Å². The van der Waals surface area contributed by atoms with Crippen LogP contribution in [0, 0.1) is 0 Å². The Morgan fingerprint density at radius 2 is 1.86 bits per heavy atom. The van der Waals surface area contributed by atoms with E-state index in [-0.39, 0.29) is 16.4 Å². The van der Waals surface area contributed by atoms with Gasteiger partial charge in [-0.1, -0.05) is 44.2 Å². The summed E-state index contributed by atoms with van der Waals surface area (Å²) in [6, 6.07) is 12.1. The van der Waals surface area contributed by atoms with Crippen molar-refractivity contribution in [3.63, 3.8) is 0 Å². The van der Waals surface area contributed by atoms with Gasteiger partial charge in [0.1, 0.15) is 0 Å². The van der Waals surface area contributed by atoms with Crippen molar-refractivity contribution >= 4 is 42.6 Å². The molecule has 148 valence electrons. The Morgan fingerprint density at radius 3 is 2.54 bits per heavy atom. The molecule has 1 amide bonds. The van der Waals surface area contributed by atoms with Gasteiger partial charge in [0.2, 0.25) is 10.0 Å². The molecule has 2 aromatic carbocycles. The normalized spacial score (nSPS) is 11.9. The summed E-state index contributed by atoms with van der Waals surface area (Å²) in [6.07, 6.45) is 0.934. The Balaban J connectivity index is 1.85. The highest BCUT2D eigenvalue weighted by molar-refractivity contribution is 7.89. The van der Waals surface area contributed by atoms with Crippen LogP contribution in [0.4, 0.5) is 5.13 Å². The fourth-order valence-corrected chi connectivity index (χ4v) is 5.35. The topological polar surface area (TPSA) is 79.4 Å².